The van der Waals surface area contributed by atoms with E-state index in [4.69, 9.17) is 4.98 Å². The zero-order chi connectivity index (χ0) is 21.6. The highest BCUT2D eigenvalue weighted by atomic mass is 16.3. The predicted molar refractivity (Wildman–Crippen MR) is 120 cm³/mol. The maximum Gasteiger partial charge on any atom is 0.225 e. The van der Waals surface area contributed by atoms with Gasteiger partial charge in [-0.25, -0.2) is 9.97 Å². The maximum atomic E-state index is 10.4. The summed E-state index contributed by atoms with van der Waals surface area (Å²) in [5, 5.41) is 17.1. The van der Waals surface area contributed by atoms with Gasteiger partial charge in [-0.05, 0) is 49.4 Å². The molecular formula is C23H29N7O. The molecule has 8 heteroatoms. The summed E-state index contributed by atoms with van der Waals surface area (Å²) in [5.41, 5.74) is 3.07. The first kappa shape index (κ1) is 20.0. The minimum Gasteiger partial charge on any atom is -0.361 e. The molecule has 8 nitrogen and oxygen atoms in total. The van der Waals surface area contributed by atoms with E-state index in [1.807, 2.05) is 17.3 Å². The minimum absolute atomic E-state index is 0.178. The van der Waals surface area contributed by atoms with E-state index in [0.29, 0.717) is 11.9 Å². The van der Waals surface area contributed by atoms with Gasteiger partial charge in [0, 0.05) is 30.7 Å². The number of rotatable bonds is 6. The molecule has 3 heterocycles. The summed E-state index contributed by atoms with van der Waals surface area (Å²) in [6.07, 6.45) is 6.91. The van der Waals surface area contributed by atoms with Gasteiger partial charge in [0.15, 0.2) is 6.35 Å². The number of nitrogens with one attached hydrogen (secondary N) is 2. The van der Waals surface area contributed by atoms with Crippen LogP contribution in [0, 0.1) is 12.8 Å². The van der Waals surface area contributed by atoms with E-state index in [2.05, 4.69) is 76.4 Å². The third kappa shape index (κ3) is 3.77. The van der Waals surface area contributed by atoms with E-state index in [0.717, 1.165) is 36.6 Å². The summed E-state index contributed by atoms with van der Waals surface area (Å²) in [4.78, 5) is 15.8. The van der Waals surface area contributed by atoms with Crippen LogP contribution in [0.4, 0.5) is 11.8 Å². The number of aliphatic hydroxyl groups excluding tert-OH is 1. The first-order valence-electron chi connectivity index (χ1n) is 10.9. The number of benzene rings is 1. The molecule has 1 saturated carbocycles. The summed E-state index contributed by atoms with van der Waals surface area (Å²) in [6, 6.07) is 10.4. The highest BCUT2D eigenvalue weighted by molar-refractivity contribution is 5.48. The lowest BCUT2D eigenvalue weighted by Gasteiger charge is -2.30. The van der Waals surface area contributed by atoms with Crippen molar-refractivity contribution in [1.29, 1.82) is 0 Å². The summed E-state index contributed by atoms with van der Waals surface area (Å²) >= 11 is 0. The molecule has 1 aliphatic heterocycles. The quantitative estimate of drug-likeness (QED) is 0.566. The van der Waals surface area contributed by atoms with Crippen molar-refractivity contribution in [2.45, 2.75) is 51.5 Å². The zero-order valence-corrected chi connectivity index (χ0v) is 18.2. The lowest BCUT2D eigenvalue weighted by molar-refractivity contribution is 0.158. The molecule has 0 bridgehead atoms. The van der Waals surface area contributed by atoms with E-state index in [9.17, 15) is 5.11 Å². The van der Waals surface area contributed by atoms with Crippen molar-refractivity contribution in [3.63, 3.8) is 0 Å². The Kier molecular flexibility index (Phi) is 4.91. The molecule has 1 unspecified atom stereocenters. The second-order valence-electron chi connectivity index (χ2n) is 8.95. The summed E-state index contributed by atoms with van der Waals surface area (Å²) < 4.78 is 2.06. The van der Waals surface area contributed by atoms with E-state index < -0.39 is 6.35 Å². The van der Waals surface area contributed by atoms with E-state index in [-0.39, 0.29) is 11.6 Å². The Morgan fingerprint density at radius 1 is 1.23 bits per heavy atom. The molecule has 5 rings (SSSR count). The Bertz CT molecular complexity index is 1080. The summed E-state index contributed by atoms with van der Waals surface area (Å²) in [7, 11) is 0. The lowest BCUT2D eigenvalue weighted by Crippen LogP contribution is -2.42. The van der Waals surface area contributed by atoms with Crippen molar-refractivity contribution >= 4 is 11.8 Å². The first-order valence-corrected chi connectivity index (χ1v) is 10.9. The molecule has 1 aromatic carbocycles. The fourth-order valence-corrected chi connectivity index (χ4v) is 4.29. The molecule has 2 atom stereocenters. The van der Waals surface area contributed by atoms with Gasteiger partial charge in [0.1, 0.15) is 5.82 Å². The van der Waals surface area contributed by atoms with Gasteiger partial charge in [-0.2, -0.15) is 4.98 Å². The molecule has 0 amide bonds. The van der Waals surface area contributed by atoms with Crippen molar-refractivity contribution in [2.75, 3.05) is 16.8 Å². The van der Waals surface area contributed by atoms with Gasteiger partial charge < -0.3 is 19.9 Å². The number of aromatic nitrogens is 4. The summed E-state index contributed by atoms with van der Waals surface area (Å²) in [6.45, 7) is 7.13. The topological polar surface area (TPSA) is 91.1 Å². The zero-order valence-electron chi connectivity index (χ0n) is 18.2. The fraction of sp³-hybridized carbons (Fsp3) is 0.435. The predicted octanol–water partition coefficient (Wildman–Crippen LogP) is 2.78. The van der Waals surface area contributed by atoms with Crippen molar-refractivity contribution in [1.82, 2.24) is 24.8 Å². The largest absolute Gasteiger partial charge is 0.361 e. The van der Waals surface area contributed by atoms with Crippen LogP contribution in [0.2, 0.25) is 0 Å². The van der Waals surface area contributed by atoms with Crippen LogP contribution in [0.3, 0.4) is 0 Å². The molecule has 2 fully saturated rings. The highest BCUT2D eigenvalue weighted by Gasteiger charge is 2.47. The average molecular weight is 420 g/mol. The Hall–Kier alpha value is -2.97. The van der Waals surface area contributed by atoms with Gasteiger partial charge in [-0.1, -0.05) is 26.0 Å². The smallest absolute Gasteiger partial charge is 0.225 e. The Labute approximate surface area is 182 Å². The monoisotopic (exact) mass is 419 g/mol. The number of aliphatic hydroxyl groups is 1. The van der Waals surface area contributed by atoms with Gasteiger partial charge in [0.2, 0.25) is 5.95 Å². The number of anilines is 2. The molecule has 3 aromatic rings. The Morgan fingerprint density at radius 3 is 2.81 bits per heavy atom. The van der Waals surface area contributed by atoms with Crippen LogP contribution in [0.15, 0.2) is 49.1 Å². The Balaban J connectivity index is 1.38. The second-order valence-corrected chi connectivity index (χ2v) is 8.95. The number of imidazole rings is 1. The van der Waals surface area contributed by atoms with Gasteiger partial charge in [0.05, 0.1) is 17.6 Å². The molecule has 2 aromatic heterocycles. The van der Waals surface area contributed by atoms with Crippen LogP contribution in [0.5, 0.6) is 0 Å². The number of hydrogen-bond acceptors (Lipinski definition) is 7. The van der Waals surface area contributed by atoms with Crippen molar-refractivity contribution in [3.05, 3.63) is 60.3 Å². The van der Waals surface area contributed by atoms with Gasteiger partial charge in [-0.15, -0.1) is 0 Å². The molecule has 162 valence electrons. The Morgan fingerprint density at radius 2 is 2.06 bits per heavy atom. The number of nitrogens with zero attached hydrogens (tertiary/aromatic N) is 5. The molecule has 31 heavy (non-hydrogen) atoms. The van der Waals surface area contributed by atoms with Gasteiger partial charge in [-0.3, -0.25) is 5.32 Å². The third-order valence-electron chi connectivity index (χ3n) is 6.28. The van der Waals surface area contributed by atoms with Crippen molar-refractivity contribution < 1.29 is 5.11 Å². The van der Waals surface area contributed by atoms with Crippen molar-refractivity contribution in [2.24, 2.45) is 5.92 Å². The fourth-order valence-electron chi connectivity index (χ4n) is 4.29. The number of hydrogen-bond donors (Lipinski definition) is 3. The van der Waals surface area contributed by atoms with Crippen LogP contribution in [-0.4, -0.2) is 43.6 Å². The average Bonchev–Trinajstić information content (AvgIpc) is 3.18. The molecule has 1 saturated heterocycles. The summed E-state index contributed by atoms with van der Waals surface area (Å²) in [5.74, 6) is 1.66. The van der Waals surface area contributed by atoms with Crippen molar-refractivity contribution in [3.8, 4) is 5.69 Å². The van der Waals surface area contributed by atoms with E-state index in [1.165, 1.54) is 5.56 Å². The number of aryl methyl sites for hydroxylation is 1. The van der Waals surface area contributed by atoms with E-state index >= 15 is 0 Å². The standard InChI is InChI=1S/C23H29N7O/c1-15(2)18-12-25-22(31)30(18)20-7-10-24-21(27-20)28-23(8-9-23)19-13-29(14-26-19)17-6-4-5-16(3)11-17/h4-7,10-11,13-15,18,22,25,31H,8-9,12H2,1-3H3,(H,24,27,28)/t18-,22?/m1/s1. The first-order chi connectivity index (χ1) is 14.9. The molecule has 1 aliphatic carbocycles. The van der Waals surface area contributed by atoms with E-state index in [1.54, 1.807) is 6.20 Å². The molecule has 3 N–H and O–H groups in total. The SMILES string of the molecule is Cc1cccc(-n2cnc(C3(Nc4nccc(N5C(O)NC[C@@H]5C(C)C)n4)CC3)c2)c1. The van der Waals surface area contributed by atoms with Crippen LogP contribution >= 0.6 is 0 Å². The molecule has 0 radical (unpaired) electrons. The lowest BCUT2D eigenvalue weighted by atomic mass is 10.0. The normalized spacial score (nSPS) is 22.2. The maximum absolute atomic E-state index is 10.4. The third-order valence-corrected chi connectivity index (χ3v) is 6.28. The van der Waals surface area contributed by atoms with Crippen LogP contribution in [0.25, 0.3) is 5.69 Å². The molecular weight excluding hydrogens is 390 g/mol. The molecule has 2 aliphatic rings. The second kappa shape index (κ2) is 7.62. The minimum atomic E-state index is -0.741. The van der Waals surface area contributed by atoms with Gasteiger partial charge in [0.25, 0.3) is 0 Å². The van der Waals surface area contributed by atoms with Crippen LogP contribution < -0.4 is 15.5 Å². The highest BCUT2D eigenvalue weighted by Crippen LogP contribution is 2.47. The van der Waals surface area contributed by atoms with Gasteiger partial charge >= 0.3 is 0 Å². The van der Waals surface area contributed by atoms with Crippen LogP contribution in [-0.2, 0) is 5.54 Å². The molecule has 0 spiro atoms. The van der Waals surface area contributed by atoms with Crippen LogP contribution in [0.1, 0.15) is 37.9 Å².